The fraction of sp³-hybridized carbons (Fsp3) is 0.214. The van der Waals surface area contributed by atoms with Gasteiger partial charge in [-0.05, 0) is 42.2 Å². The molecule has 0 spiro atoms. The Labute approximate surface area is 112 Å². The van der Waals surface area contributed by atoms with Crippen molar-refractivity contribution in [2.75, 3.05) is 0 Å². The summed E-state index contributed by atoms with van der Waals surface area (Å²) >= 11 is 6.04. The standard InChI is InChI=1S/C14H16ClN3/c1-9-5-12(8-17-7-9)14(18-16)11-3-4-13(15)10(2)6-11/h3-8,14,18H,16H2,1-2H3. The summed E-state index contributed by atoms with van der Waals surface area (Å²) in [6, 6.07) is 7.90. The van der Waals surface area contributed by atoms with Gasteiger partial charge in [-0.3, -0.25) is 10.8 Å². The minimum Gasteiger partial charge on any atom is -0.271 e. The topological polar surface area (TPSA) is 50.9 Å². The Kier molecular flexibility index (Phi) is 3.97. The Bertz CT molecular complexity index is 554. The second-order valence-corrected chi connectivity index (χ2v) is 4.81. The number of nitrogens with zero attached hydrogens (tertiary/aromatic N) is 1. The largest absolute Gasteiger partial charge is 0.271 e. The molecule has 18 heavy (non-hydrogen) atoms. The van der Waals surface area contributed by atoms with Crippen LogP contribution in [0.4, 0.5) is 0 Å². The van der Waals surface area contributed by atoms with Gasteiger partial charge in [0.15, 0.2) is 0 Å². The van der Waals surface area contributed by atoms with Gasteiger partial charge in [0.1, 0.15) is 0 Å². The highest BCUT2D eigenvalue weighted by atomic mass is 35.5. The van der Waals surface area contributed by atoms with Crippen molar-refractivity contribution in [1.29, 1.82) is 0 Å². The van der Waals surface area contributed by atoms with Crippen molar-refractivity contribution < 1.29 is 0 Å². The summed E-state index contributed by atoms with van der Waals surface area (Å²) in [5.74, 6) is 5.66. The molecule has 0 amide bonds. The van der Waals surface area contributed by atoms with Crippen LogP contribution in [0.3, 0.4) is 0 Å². The molecule has 1 aromatic carbocycles. The van der Waals surface area contributed by atoms with E-state index in [4.69, 9.17) is 17.4 Å². The highest BCUT2D eigenvalue weighted by Gasteiger charge is 2.13. The maximum Gasteiger partial charge on any atom is 0.0725 e. The average Bonchev–Trinajstić information content (AvgIpc) is 2.35. The first-order chi connectivity index (χ1) is 8.61. The highest BCUT2D eigenvalue weighted by Crippen LogP contribution is 2.25. The number of aryl methyl sites for hydroxylation is 2. The van der Waals surface area contributed by atoms with Crippen molar-refractivity contribution in [2.45, 2.75) is 19.9 Å². The number of halogens is 1. The zero-order valence-corrected chi connectivity index (χ0v) is 11.2. The number of hydrazine groups is 1. The zero-order valence-electron chi connectivity index (χ0n) is 10.4. The summed E-state index contributed by atoms with van der Waals surface area (Å²) in [6.45, 7) is 3.99. The normalized spacial score (nSPS) is 12.4. The number of rotatable bonds is 3. The fourth-order valence-electron chi connectivity index (χ4n) is 1.97. The van der Waals surface area contributed by atoms with Gasteiger partial charge in [-0.25, -0.2) is 5.43 Å². The minimum atomic E-state index is -0.0756. The van der Waals surface area contributed by atoms with Crippen molar-refractivity contribution in [3.05, 3.63) is 63.9 Å². The summed E-state index contributed by atoms with van der Waals surface area (Å²) in [7, 11) is 0. The van der Waals surface area contributed by atoms with Crippen molar-refractivity contribution in [1.82, 2.24) is 10.4 Å². The molecule has 0 saturated carbocycles. The summed E-state index contributed by atoms with van der Waals surface area (Å²) in [4.78, 5) is 4.20. The second-order valence-electron chi connectivity index (χ2n) is 4.40. The quantitative estimate of drug-likeness (QED) is 0.660. The fourth-order valence-corrected chi connectivity index (χ4v) is 2.09. The van der Waals surface area contributed by atoms with Gasteiger partial charge < -0.3 is 0 Å². The van der Waals surface area contributed by atoms with Crippen LogP contribution in [0.25, 0.3) is 0 Å². The van der Waals surface area contributed by atoms with Crippen LogP contribution in [0.5, 0.6) is 0 Å². The molecule has 3 nitrogen and oxygen atoms in total. The molecule has 1 aromatic heterocycles. The highest BCUT2D eigenvalue weighted by molar-refractivity contribution is 6.31. The van der Waals surface area contributed by atoms with Crippen molar-refractivity contribution >= 4 is 11.6 Å². The third-order valence-electron chi connectivity index (χ3n) is 2.91. The van der Waals surface area contributed by atoms with E-state index in [1.165, 1.54) is 0 Å². The molecule has 0 saturated heterocycles. The van der Waals surface area contributed by atoms with Crippen LogP contribution in [0.2, 0.25) is 5.02 Å². The van der Waals surface area contributed by atoms with E-state index in [-0.39, 0.29) is 6.04 Å². The summed E-state index contributed by atoms with van der Waals surface area (Å²) in [5, 5.41) is 0.761. The molecule has 2 rings (SSSR count). The third-order valence-corrected chi connectivity index (χ3v) is 3.34. The maximum atomic E-state index is 6.04. The first-order valence-corrected chi connectivity index (χ1v) is 6.13. The van der Waals surface area contributed by atoms with Crippen LogP contribution in [0, 0.1) is 13.8 Å². The number of aromatic nitrogens is 1. The number of nitrogens with two attached hydrogens (primary N) is 1. The average molecular weight is 262 g/mol. The molecular weight excluding hydrogens is 246 g/mol. The molecule has 0 radical (unpaired) electrons. The molecule has 0 aliphatic heterocycles. The number of hydrogen-bond donors (Lipinski definition) is 2. The van der Waals surface area contributed by atoms with Crippen LogP contribution in [-0.4, -0.2) is 4.98 Å². The van der Waals surface area contributed by atoms with Gasteiger partial charge in [-0.1, -0.05) is 29.8 Å². The molecule has 1 heterocycles. The molecule has 1 atom stereocenters. The smallest absolute Gasteiger partial charge is 0.0725 e. The lowest BCUT2D eigenvalue weighted by atomic mass is 9.98. The Morgan fingerprint density at radius 3 is 2.56 bits per heavy atom. The van der Waals surface area contributed by atoms with Crippen LogP contribution in [0.1, 0.15) is 28.3 Å². The van der Waals surface area contributed by atoms with Gasteiger partial charge in [0.2, 0.25) is 0 Å². The summed E-state index contributed by atoms with van der Waals surface area (Å²) < 4.78 is 0. The lowest BCUT2D eigenvalue weighted by molar-refractivity contribution is 0.634. The molecule has 2 aromatic rings. The van der Waals surface area contributed by atoms with Crippen LogP contribution >= 0.6 is 11.6 Å². The Morgan fingerprint density at radius 2 is 1.94 bits per heavy atom. The van der Waals surface area contributed by atoms with Gasteiger partial charge in [0.25, 0.3) is 0 Å². The molecule has 0 fully saturated rings. The van der Waals surface area contributed by atoms with E-state index in [2.05, 4.69) is 16.5 Å². The first-order valence-electron chi connectivity index (χ1n) is 5.75. The van der Waals surface area contributed by atoms with Gasteiger partial charge in [-0.2, -0.15) is 0 Å². The Hall–Kier alpha value is -1.42. The van der Waals surface area contributed by atoms with Crippen LogP contribution in [0.15, 0.2) is 36.7 Å². The molecule has 0 aliphatic carbocycles. The first kappa shape index (κ1) is 13.0. The number of pyridine rings is 1. The van der Waals surface area contributed by atoms with E-state index in [9.17, 15) is 0 Å². The SMILES string of the molecule is Cc1cncc(C(NN)c2ccc(Cl)c(C)c2)c1. The van der Waals surface area contributed by atoms with Gasteiger partial charge in [-0.15, -0.1) is 0 Å². The third kappa shape index (κ3) is 2.70. The molecule has 3 N–H and O–H groups in total. The molecule has 0 bridgehead atoms. The minimum absolute atomic E-state index is 0.0756. The van der Waals surface area contributed by atoms with Crippen LogP contribution < -0.4 is 11.3 Å². The van der Waals surface area contributed by atoms with Gasteiger partial charge in [0, 0.05) is 17.4 Å². The van der Waals surface area contributed by atoms with E-state index in [1.54, 1.807) is 0 Å². The summed E-state index contributed by atoms with van der Waals surface area (Å²) in [6.07, 6.45) is 3.64. The van der Waals surface area contributed by atoms with E-state index in [0.29, 0.717) is 0 Å². The zero-order chi connectivity index (χ0) is 13.1. The lowest BCUT2D eigenvalue weighted by Crippen LogP contribution is -2.29. The second kappa shape index (κ2) is 5.48. The number of hydrogen-bond acceptors (Lipinski definition) is 3. The molecule has 4 heteroatoms. The molecular formula is C14H16ClN3. The van der Waals surface area contributed by atoms with E-state index in [1.807, 2.05) is 44.4 Å². The van der Waals surface area contributed by atoms with E-state index < -0.39 is 0 Å². The predicted octanol–water partition coefficient (Wildman–Crippen LogP) is 2.90. The van der Waals surface area contributed by atoms with Gasteiger partial charge in [0.05, 0.1) is 6.04 Å². The molecule has 1 unspecified atom stereocenters. The predicted molar refractivity (Wildman–Crippen MR) is 74.3 cm³/mol. The van der Waals surface area contributed by atoms with Crippen molar-refractivity contribution in [3.63, 3.8) is 0 Å². The van der Waals surface area contributed by atoms with Crippen molar-refractivity contribution in [2.24, 2.45) is 5.84 Å². The van der Waals surface area contributed by atoms with E-state index >= 15 is 0 Å². The summed E-state index contributed by atoms with van der Waals surface area (Å²) in [5.41, 5.74) is 7.09. The number of nitrogens with one attached hydrogen (secondary N) is 1. The molecule has 94 valence electrons. The number of benzene rings is 1. The van der Waals surface area contributed by atoms with Crippen molar-refractivity contribution in [3.8, 4) is 0 Å². The van der Waals surface area contributed by atoms with Gasteiger partial charge >= 0.3 is 0 Å². The Morgan fingerprint density at radius 1 is 1.17 bits per heavy atom. The molecule has 0 aliphatic rings. The maximum absolute atomic E-state index is 6.04. The lowest BCUT2D eigenvalue weighted by Gasteiger charge is -2.17. The monoisotopic (exact) mass is 261 g/mol. The van der Waals surface area contributed by atoms with Crippen LogP contribution in [-0.2, 0) is 0 Å². The van der Waals surface area contributed by atoms with E-state index in [0.717, 1.165) is 27.3 Å². The Balaban J connectivity index is 2.42.